The van der Waals surface area contributed by atoms with Crippen LogP contribution in [0.5, 0.6) is 5.88 Å². The van der Waals surface area contributed by atoms with Gasteiger partial charge < -0.3 is 15.0 Å². The van der Waals surface area contributed by atoms with Gasteiger partial charge in [-0.3, -0.25) is 4.99 Å². The molecule has 0 spiro atoms. The summed E-state index contributed by atoms with van der Waals surface area (Å²) >= 11 is 5.77. The average molecular weight is 375 g/mol. The Kier molecular flexibility index (Phi) is 5.92. The highest BCUT2D eigenvalue weighted by atomic mass is 35.5. The lowest BCUT2D eigenvalue weighted by molar-refractivity contribution is 0.303. The monoisotopic (exact) mass is 374 g/mol. The van der Waals surface area contributed by atoms with Crippen LogP contribution in [-0.2, 0) is 9.84 Å². The molecule has 1 aromatic rings. The molecule has 1 aliphatic heterocycles. The third-order valence-electron chi connectivity index (χ3n) is 3.89. The number of halogens is 1. The van der Waals surface area contributed by atoms with Gasteiger partial charge in [-0.1, -0.05) is 11.6 Å². The molecule has 1 N–H and O–H groups in total. The Bertz CT molecular complexity index is 689. The topological polar surface area (TPSA) is 83.9 Å². The zero-order valence-electron chi connectivity index (χ0n) is 14.1. The van der Waals surface area contributed by atoms with Crippen LogP contribution in [0.3, 0.4) is 0 Å². The lowest BCUT2D eigenvalue weighted by Crippen LogP contribution is -2.57. The Morgan fingerprint density at radius 1 is 1.50 bits per heavy atom. The third kappa shape index (κ3) is 4.51. The van der Waals surface area contributed by atoms with E-state index in [1.807, 2.05) is 4.90 Å². The van der Waals surface area contributed by atoms with E-state index in [9.17, 15) is 8.42 Å². The molecular formula is C15H23ClN4O3S. The Morgan fingerprint density at radius 2 is 2.25 bits per heavy atom. The zero-order valence-corrected chi connectivity index (χ0v) is 15.7. The number of pyridine rings is 1. The average Bonchev–Trinajstić information content (AvgIpc) is 2.52. The highest BCUT2D eigenvalue weighted by molar-refractivity contribution is 7.92. The van der Waals surface area contributed by atoms with Crippen molar-refractivity contribution in [3.63, 3.8) is 0 Å². The van der Waals surface area contributed by atoms with Crippen molar-refractivity contribution in [1.82, 2.24) is 15.2 Å². The van der Waals surface area contributed by atoms with Crippen molar-refractivity contribution in [2.45, 2.75) is 18.6 Å². The Hall–Kier alpha value is -1.54. The van der Waals surface area contributed by atoms with Crippen LogP contribution in [0, 0.1) is 0 Å². The van der Waals surface area contributed by atoms with Crippen molar-refractivity contribution in [3.05, 3.63) is 23.4 Å². The summed E-state index contributed by atoms with van der Waals surface area (Å²) in [7, 11) is -1.39. The first-order valence-corrected chi connectivity index (χ1v) is 9.70. The van der Waals surface area contributed by atoms with Gasteiger partial charge in [0.1, 0.15) is 6.61 Å². The first kappa shape index (κ1) is 18.8. The summed E-state index contributed by atoms with van der Waals surface area (Å²) in [5, 5.41) is 3.75. The van der Waals surface area contributed by atoms with Crippen LogP contribution >= 0.6 is 11.6 Å². The number of nitrogens with zero attached hydrogens (tertiary/aromatic N) is 3. The van der Waals surface area contributed by atoms with Crippen LogP contribution in [0.4, 0.5) is 0 Å². The van der Waals surface area contributed by atoms with E-state index in [2.05, 4.69) is 15.3 Å². The first-order valence-electron chi connectivity index (χ1n) is 7.67. The maximum atomic E-state index is 12.1. The molecule has 0 radical (unpaired) electrons. The molecule has 0 amide bonds. The second-order valence-corrected chi connectivity index (χ2v) is 9.32. The molecule has 1 aromatic heterocycles. The second-order valence-electron chi connectivity index (χ2n) is 6.14. The number of guanidine groups is 1. The van der Waals surface area contributed by atoms with Crippen LogP contribution in [0.2, 0.25) is 5.02 Å². The molecule has 9 heteroatoms. The molecule has 1 fully saturated rings. The molecule has 134 valence electrons. The zero-order chi connectivity index (χ0) is 17.8. The molecule has 0 atom stereocenters. The minimum atomic E-state index is -3.07. The SMILES string of the molecule is CN=C(NCCOc1ccc(Cl)cn1)N1CCS(=O)(=O)C(C)(C)C1. The predicted molar refractivity (Wildman–Crippen MR) is 95.5 cm³/mol. The van der Waals surface area contributed by atoms with Crippen molar-refractivity contribution in [2.75, 3.05) is 39.0 Å². The van der Waals surface area contributed by atoms with E-state index in [1.165, 1.54) is 6.20 Å². The van der Waals surface area contributed by atoms with Gasteiger partial charge in [-0.2, -0.15) is 0 Å². The Labute approximate surface area is 148 Å². The number of hydrogen-bond donors (Lipinski definition) is 1. The molecule has 0 unspecified atom stereocenters. The number of ether oxygens (including phenoxy) is 1. The minimum absolute atomic E-state index is 0.131. The van der Waals surface area contributed by atoms with Crippen LogP contribution < -0.4 is 10.1 Å². The lowest BCUT2D eigenvalue weighted by Gasteiger charge is -2.39. The Balaban J connectivity index is 1.84. The van der Waals surface area contributed by atoms with Gasteiger partial charge in [0.15, 0.2) is 15.8 Å². The van der Waals surface area contributed by atoms with Crippen LogP contribution in [-0.4, -0.2) is 68.0 Å². The van der Waals surface area contributed by atoms with Crippen LogP contribution in [0.15, 0.2) is 23.3 Å². The van der Waals surface area contributed by atoms with Gasteiger partial charge >= 0.3 is 0 Å². The standard InChI is InChI=1S/C15H23ClN4O3S/c1-15(2)11-20(7-9-24(15,21)22)14(17-3)18-6-8-23-13-5-4-12(16)10-19-13/h4-5,10H,6-9,11H2,1-3H3,(H,17,18). The fourth-order valence-corrected chi connectivity index (χ4v) is 3.90. The van der Waals surface area contributed by atoms with Gasteiger partial charge in [-0.05, 0) is 19.9 Å². The van der Waals surface area contributed by atoms with E-state index in [1.54, 1.807) is 33.0 Å². The predicted octanol–water partition coefficient (Wildman–Crippen LogP) is 1.20. The fraction of sp³-hybridized carbons (Fsp3) is 0.600. The maximum Gasteiger partial charge on any atom is 0.213 e. The number of sulfone groups is 1. The van der Waals surface area contributed by atoms with E-state index in [0.717, 1.165) is 0 Å². The summed E-state index contributed by atoms with van der Waals surface area (Å²) in [4.78, 5) is 10.2. The fourth-order valence-electron chi connectivity index (χ4n) is 2.42. The van der Waals surface area contributed by atoms with Crippen LogP contribution in [0.1, 0.15) is 13.8 Å². The van der Waals surface area contributed by atoms with E-state index in [0.29, 0.717) is 43.1 Å². The molecule has 1 saturated heterocycles. The molecule has 1 aliphatic rings. The highest BCUT2D eigenvalue weighted by Crippen LogP contribution is 2.23. The largest absolute Gasteiger partial charge is 0.476 e. The second kappa shape index (κ2) is 7.57. The molecule has 2 heterocycles. The third-order valence-corrected chi connectivity index (χ3v) is 6.65. The van der Waals surface area contributed by atoms with E-state index >= 15 is 0 Å². The minimum Gasteiger partial charge on any atom is -0.476 e. The molecule has 2 rings (SSSR count). The van der Waals surface area contributed by atoms with Gasteiger partial charge in [0, 0.05) is 32.4 Å². The summed E-state index contributed by atoms with van der Waals surface area (Å²) < 4.78 is 28.9. The molecule has 0 aromatic carbocycles. The van der Waals surface area contributed by atoms with Gasteiger partial charge in [-0.15, -0.1) is 0 Å². The first-order chi connectivity index (χ1) is 11.2. The van der Waals surface area contributed by atoms with Crippen molar-refractivity contribution >= 4 is 27.4 Å². The molecule has 0 saturated carbocycles. The number of nitrogens with one attached hydrogen (secondary N) is 1. The number of aliphatic imine (C=N–C) groups is 1. The normalized spacial score (nSPS) is 19.8. The quantitative estimate of drug-likeness (QED) is 0.484. The van der Waals surface area contributed by atoms with Gasteiger partial charge in [0.25, 0.3) is 0 Å². The Morgan fingerprint density at radius 3 is 2.83 bits per heavy atom. The van der Waals surface area contributed by atoms with Gasteiger partial charge in [-0.25, -0.2) is 13.4 Å². The van der Waals surface area contributed by atoms with E-state index < -0.39 is 14.6 Å². The number of hydrogen-bond acceptors (Lipinski definition) is 5. The van der Waals surface area contributed by atoms with Crippen molar-refractivity contribution in [2.24, 2.45) is 4.99 Å². The smallest absolute Gasteiger partial charge is 0.213 e. The molecule has 24 heavy (non-hydrogen) atoms. The maximum absolute atomic E-state index is 12.1. The van der Waals surface area contributed by atoms with Crippen molar-refractivity contribution < 1.29 is 13.2 Å². The van der Waals surface area contributed by atoms with Crippen molar-refractivity contribution in [1.29, 1.82) is 0 Å². The summed E-state index contributed by atoms with van der Waals surface area (Å²) in [6.07, 6.45) is 1.53. The lowest BCUT2D eigenvalue weighted by atomic mass is 10.2. The highest BCUT2D eigenvalue weighted by Gasteiger charge is 2.40. The van der Waals surface area contributed by atoms with Crippen molar-refractivity contribution in [3.8, 4) is 5.88 Å². The van der Waals surface area contributed by atoms with Gasteiger partial charge in [0.2, 0.25) is 5.88 Å². The molecular weight excluding hydrogens is 352 g/mol. The van der Waals surface area contributed by atoms with Gasteiger partial charge in [0.05, 0.1) is 22.1 Å². The molecule has 0 aliphatic carbocycles. The summed E-state index contributed by atoms with van der Waals surface area (Å²) in [5.41, 5.74) is 0. The van der Waals surface area contributed by atoms with E-state index in [4.69, 9.17) is 16.3 Å². The summed E-state index contributed by atoms with van der Waals surface area (Å²) in [6.45, 7) is 5.28. The summed E-state index contributed by atoms with van der Waals surface area (Å²) in [5.74, 6) is 1.30. The van der Waals surface area contributed by atoms with E-state index in [-0.39, 0.29) is 5.75 Å². The molecule has 7 nitrogen and oxygen atoms in total. The number of aromatic nitrogens is 1. The van der Waals surface area contributed by atoms with Crippen LogP contribution in [0.25, 0.3) is 0 Å². The number of rotatable bonds is 4. The summed E-state index contributed by atoms with van der Waals surface area (Å²) in [6, 6.07) is 3.42. The molecule has 0 bridgehead atoms.